The molecule has 0 N–H and O–H groups in total. The molecule has 37 heavy (non-hydrogen) atoms. The second-order valence-corrected chi connectivity index (χ2v) is 9.08. The molecule has 1 aliphatic rings. The first-order valence-corrected chi connectivity index (χ1v) is 12.6. The van der Waals surface area contributed by atoms with Crippen LogP contribution < -0.4 is 9.47 Å². The molecule has 2 aromatic carbocycles. The highest BCUT2D eigenvalue weighted by Gasteiger charge is 2.32. The quantitative estimate of drug-likeness (QED) is 0.298. The molecule has 0 aliphatic carbocycles. The number of rotatable bonds is 8. The molecule has 1 aliphatic heterocycles. The molecule has 0 radical (unpaired) electrons. The topological polar surface area (TPSA) is 86.9 Å². The molecule has 2 atom stereocenters. The molecule has 0 spiro atoms. The minimum absolute atomic E-state index is 0.135. The molecule has 5 rings (SSSR count). The standard InChI is InChI=1S/C29H31N3O5/c1-4-23(29(33)35-3)32-16-8-11-22(17-32)36-27-25-24(19-12-14-21(34-2)15-13-19)26(20-9-6-5-7-10-20)37-28(25)31-18-30-27/h5-7,9-10,12-15,18,22-23H,4,8,11,16-17H2,1-3H3. The average molecular weight is 502 g/mol. The van der Waals surface area contributed by atoms with Crippen LogP contribution in [0.3, 0.4) is 0 Å². The van der Waals surface area contributed by atoms with Crippen molar-refractivity contribution in [1.29, 1.82) is 0 Å². The minimum Gasteiger partial charge on any atom is -0.497 e. The van der Waals surface area contributed by atoms with E-state index in [-0.39, 0.29) is 18.1 Å². The summed E-state index contributed by atoms with van der Waals surface area (Å²) in [5, 5.41) is 0.726. The van der Waals surface area contributed by atoms with Crippen LogP contribution in [-0.4, -0.2) is 60.3 Å². The van der Waals surface area contributed by atoms with Crippen molar-refractivity contribution in [2.75, 3.05) is 27.3 Å². The third-order valence-corrected chi connectivity index (χ3v) is 6.86. The van der Waals surface area contributed by atoms with Crippen LogP contribution in [0.25, 0.3) is 33.6 Å². The summed E-state index contributed by atoms with van der Waals surface area (Å²) in [4.78, 5) is 23.4. The zero-order valence-corrected chi connectivity index (χ0v) is 21.3. The van der Waals surface area contributed by atoms with Crippen molar-refractivity contribution in [3.05, 3.63) is 60.9 Å². The molecule has 192 valence electrons. The van der Waals surface area contributed by atoms with E-state index in [1.54, 1.807) is 7.11 Å². The molecule has 8 heteroatoms. The van der Waals surface area contributed by atoms with Crippen molar-refractivity contribution >= 4 is 17.1 Å². The predicted molar refractivity (Wildman–Crippen MR) is 141 cm³/mol. The number of benzene rings is 2. The van der Waals surface area contributed by atoms with E-state index in [1.165, 1.54) is 13.4 Å². The zero-order chi connectivity index (χ0) is 25.8. The molecule has 0 amide bonds. The molecule has 1 saturated heterocycles. The van der Waals surface area contributed by atoms with Gasteiger partial charge in [0.25, 0.3) is 0 Å². The molecule has 2 aromatic heterocycles. The Hall–Kier alpha value is -3.91. The van der Waals surface area contributed by atoms with E-state index in [1.807, 2.05) is 61.5 Å². The summed E-state index contributed by atoms with van der Waals surface area (Å²) in [7, 11) is 3.08. The van der Waals surface area contributed by atoms with Crippen LogP contribution in [0.5, 0.6) is 11.6 Å². The Morgan fingerprint density at radius 1 is 1.08 bits per heavy atom. The summed E-state index contributed by atoms with van der Waals surface area (Å²) in [6, 6.07) is 17.5. The Morgan fingerprint density at radius 3 is 2.57 bits per heavy atom. The number of ether oxygens (including phenoxy) is 3. The van der Waals surface area contributed by atoms with E-state index in [9.17, 15) is 4.79 Å². The number of piperidine rings is 1. The number of methoxy groups -OCH3 is 2. The lowest BCUT2D eigenvalue weighted by Gasteiger charge is -2.36. The summed E-state index contributed by atoms with van der Waals surface area (Å²) < 4.78 is 23.2. The van der Waals surface area contributed by atoms with Gasteiger partial charge in [0.1, 0.15) is 35.4 Å². The highest BCUT2D eigenvalue weighted by Crippen LogP contribution is 2.44. The van der Waals surface area contributed by atoms with Crippen molar-refractivity contribution in [1.82, 2.24) is 14.9 Å². The highest BCUT2D eigenvalue weighted by atomic mass is 16.5. The van der Waals surface area contributed by atoms with Gasteiger partial charge in [-0.15, -0.1) is 0 Å². The number of hydrogen-bond donors (Lipinski definition) is 0. The van der Waals surface area contributed by atoms with Gasteiger partial charge >= 0.3 is 5.97 Å². The Bertz CT molecular complexity index is 1350. The molecule has 8 nitrogen and oxygen atoms in total. The van der Waals surface area contributed by atoms with Crippen molar-refractivity contribution in [2.45, 2.75) is 38.3 Å². The Labute approximate surface area is 216 Å². The maximum absolute atomic E-state index is 12.3. The third kappa shape index (κ3) is 5.02. The molecule has 2 unspecified atom stereocenters. The van der Waals surface area contributed by atoms with Crippen molar-refractivity contribution in [2.24, 2.45) is 0 Å². The molecule has 1 fully saturated rings. The number of aromatic nitrogens is 2. The zero-order valence-electron chi connectivity index (χ0n) is 21.3. The Kier molecular flexibility index (Phi) is 7.37. The highest BCUT2D eigenvalue weighted by molar-refractivity contribution is 6.03. The minimum atomic E-state index is -0.282. The number of hydrogen-bond acceptors (Lipinski definition) is 8. The second-order valence-electron chi connectivity index (χ2n) is 9.08. The van der Waals surface area contributed by atoms with Gasteiger partial charge in [-0.05, 0) is 43.5 Å². The maximum Gasteiger partial charge on any atom is 0.323 e. The van der Waals surface area contributed by atoms with Crippen molar-refractivity contribution in [3.63, 3.8) is 0 Å². The number of carbonyl (C=O) groups is 1. The fraction of sp³-hybridized carbons (Fsp3) is 0.345. The molecule has 0 saturated carbocycles. The van der Waals surface area contributed by atoms with E-state index >= 15 is 0 Å². The first kappa shape index (κ1) is 24.8. The number of furan rings is 1. The maximum atomic E-state index is 12.3. The monoisotopic (exact) mass is 501 g/mol. The first-order valence-electron chi connectivity index (χ1n) is 12.6. The van der Waals surface area contributed by atoms with Gasteiger partial charge in [-0.1, -0.05) is 49.4 Å². The van der Waals surface area contributed by atoms with Crippen LogP contribution in [0.4, 0.5) is 0 Å². The fourth-order valence-corrected chi connectivity index (χ4v) is 5.04. The molecular weight excluding hydrogens is 470 g/mol. The van der Waals surface area contributed by atoms with Crippen LogP contribution in [0, 0.1) is 0 Å². The summed E-state index contributed by atoms with van der Waals surface area (Å²) in [6.07, 6.45) is 3.79. The summed E-state index contributed by atoms with van der Waals surface area (Å²) in [6.45, 7) is 3.44. The van der Waals surface area contributed by atoms with Crippen molar-refractivity contribution < 1.29 is 23.4 Å². The van der Waals surface area contributed by atoms with Gasteiger partial charge in [0, 0.05) is 17.7 Å². The first-order chi connectivity index (χ1) is 18.1. The summed E-state index contributed by atoms with van der Waals surface area (Å²) in [5.41, 5.74) is 3.21. The van der Waals surface area contributed by atoms with Gasteiger partial charge in [0.15, 0.2) is 0 Å². The third-order valence-electron chi connectivity index (χ3n) is 6.86. The molecular formula is C29H31N3O5. The Balaban J connectivity index is 1.55. The molecule has 0 bridgehead atoms. The van der Waals surface area contributed by atoms with Crippen LogP contribution in [0.15, 0.2) is 65.3 Å². The van der Waals surface area contributed by atoms with Crippen LogP contribution >= 0.6 is 0 Å². The van der Waals surface area contributed by atoms with Gasteiger partial charge in [0.2, 0.25) is 11.6 Å². The normalized spacial score (nSPS) is 16.9. The lowest BCUT2D eigenvalue weighted by atomic mass is 9.99. The van der Waals surface area contributed by atoms with Crippen LogP contribution in [0.1, 0.15) is 26.2 Å². The number of fused-ring (bicyclic) bond motifs is 1. The second kappa shape index (κ2) is 11.0. The number of carbonyl (C=O) groups excluding carboxylic acids is 1. The van der Waals surface area contributed by atoms with Gasteiger partial charge in [-0.2, -0.15) is 0 Å². The van der Waals surface area contributed by atoms with E-state index in [2.05, 4.69) is 14.9 Å². The van der Waals surface area contributed by atoms with E-state index < -0.39 is 0 Å². The van der Waals surface area contributed by atoms with Gasteiger partial charge in [0.05, 0.1) is 14.2 Å². The van der Waals surface area contributed by atoms with Crippen LogP contribution in [0.2, 0.25) is 0 Å². The number of likely N-dealkylation sites (tertiary alicyclic amines) is 1. The van der Waals surface area contributed by atoms with Crippen LogP contribution in [-0.2, 0) is 9.53 Å². The largest absolute Gasteiger partial charge is 0.497 e. The fourth-order valence-electron chi connectivity index (χ4n) is 5.04. The summed E-state index contributed by atoms with van der Waals surface area (Å²) in [5.74, 6) is 1.73. The molecule has 3 heterocycles. The van der Waals surface area contributed by atoms with E-state index in [0.29, 0.717) is 30.3 Å². The number of nitrogens with zero attached hydrogens (tertiary/aromatic N) is 3. The van der Waals surface area contributed by atoms with Gasteiger partial charge in [-0.25, -0.2) is 9.97 Å². The molecule has 4 aromatic rings. The number of esters is 1. The SMILES string of the molecule is CCC(C(=O)OC)N1CCCC(Oc2ncnc3oc(-c4ccccc4)c(-c4ccc(OC)cc4)c23)C1. The smallest absolute Gasteiger partial charge is 0.323 e. The summed E-state index contributed by atoms with van der Waals surface area (Å²) >= 11 is 0. The lowest BCUT2D eigenvalue weighted by molar-refractivity contribution is -0.148. The average Bonchev–Trinajstić information content (AvgIpc) is 3.35. The van der Waals surface area contributed by atoms with Gasteiger partial charge < -0.3 is 18.6 Å². The van der Waals surface area contributed by atoms with Crippen molar-refractivity contribution in [3.8, 4) is 34.1 Å². The van der Waals surface area contributed by atoms with Gasteiger partial charge in [-0.3, -0.25) is 9.69 Å². The van der Waals surface area contributed by atoms with E-state index in [4.69, 9.17) is 18.6 Å². The predicted octanol–water partition coefficient (Wildman–Crippen LogP) is 5.36. The lowest BCUT2D eigenvalue weighted by Crippen LogP contribution is -2.49. The Morgan fingerprint density at radius 2 is 1.86 bits per heavy atom. The van der Waals surface area contributed by atoms with E-state index in [0.717, 1.165) is 47.2 Å².